The fourth-order valence-electron chi connectivity index (χ4n) is 0.758. The van der Waals surface area contributed by atoms with Crippen molar-refractivity contribution in [2.45, 2.75) is 17.2 Å². The van der Waals surface area contributed by atoms with Gasteiger partial charge in [-0.25, -0.2) is 8.42 Å². The molecule has 0 aliphatic carbocycles. The van der Waals surface area contributed by atoms with Crippen LogP contribution in [0.1, 0.15) is 17.9 Å². The predicted molar refractivity (Wildman–Crippen MR) is 48.1 cm³/mol. The lowest BCUT2D eigenvalue weighted by Gasteiger charge is -1.96. The Balaban J connectivity index is 3.09. The molecule has 1 rings (SSSR count). The second kappa shape index (κ2) is 3.16. The van der Waals surface area contributed by atoms with Crippen molar-refractivity contribution in [2.75, 3.05) is 6.26 Å². The van der Waals surface area contributed by atoms with E-state index in [2.05, 4.69) is 0 Å². The van der Waals surface area contributed by atoms with Crippen molar-refractivity contribution < 1.29 is 13.5 Å². The third kappa shape index (κ3) is 2.06. The van der Waals surface area contributed by atoms with Gasteiger partial charge in [-0.05, 0) is 19.1 Å². The zero-order valence-electron chi connectivity index (χ0n) is 6.81. The molecule has 12 heavy (non-hydrogen) atoms. The van der Waals surface area contributed by atoms with Gasteiger partial charge in [0.1, 0.15) is 4.21 Å². The Morgan fingerprint density at radius 3 is 2.33 bits per heavy atom. The molecule has 1 heterocycles. The Kier molecular flexibility index (Phi) is 2.55. The molecule has 68 valence electrons. The molecule has 0 amide bonds. The van der Waals surface area contributed by atoms with E-state index < -0.39 is 15.9 Å². The first kappa shape index (κ1) is 9.70. The van der Waals surface area contributed by atoms with Crippen molar-refractivity contribution in [1.29, 1.82) is 0 Å². The molecule has 5 heteroatoms. The van der Waals surface area contributed by atoms with Crippen molar-refractivity contribution in [3.8, 4) is 0 Å². The number of rotatable bonds is 2. The predicted octanol–water partition coefficient (Wildman–Crippen LogP) is 1.20. The smallest absolute Gasteiger partial charge is 0.184 e. The van der Waals surface area contributed by atoms with Gasteiger partial charge in [0.25, 0.3) is 0 Å². The van der Waals surface area contributed by atoms with Crippen LogP contribution in [0.15, 0.2) is 16.3 Å². The number of aliphatic hydroxyl groups is 1. The van der Waals surface area contributed by atoms with Gasteiger partial charge in [-0.2, -0.15) is 0 Å². The summed E-state index contributed by atoms with van der Waals surface area (Å²) in [5.74, 6) is 0. The maximum Gasteiger partial charge on any atom is 0.184 e. The average Bonchev–Trinajstić information content (AvgIpc) is 2.30. The van der Waals surface area contributed by atoms with Gasteiger partial charge < -0.3 is 5.11 Å². The molecule has 1 aromatic rings. The summed E-state index contributed by atoms with van der Waals surface area (Å²) in [5.41, 5.74) is 0. The highest BCUT2D eigenvalue weighted by Crippen LogP contribution is 2.25. The molecule has 0 aliphatic heterocycles. The number of thiophene rings is 1. The molecule has 1 aromatic heterocycles. The molecule has 0 aliphatic rings. The van der Waals surface area contributed by atoms with Gasteiger partial charge in [0.2, 0.25) is 0 Å². The number of sulfone groups is 1. The minimum atomic E-state index is -3.11. The summed E-state index contributed by atoms with van der Waals surface area (Å²) in [4.78, 5) is 0.676. The van der Waals surface area contributed by atoms with Crippen molar-refractivity contribution in [3.05, 3.63) is 17.0 Å². The molecule has 0 spiro atoms. The van der Waals surface area contributed by atoms with Crippen molar-refractivity contribution >= 4 is 21.2 Å². The van der Waals surface area contributed by atoms with Crippen LogP contribution in [0.3, 0.4) is 0 Å². The van der Waals surface area contributed by atoms with Gasteiger partial charge in [0, 0.05) is 11.1 Å². The van der Waals surface area contributed by atoms with Crippen LogP contribution in [0.4, 0.5) is 0 Å². The zero-order valence-corrected chi connectivity index (χ0v) is 8.45. The molecule has 0 radical (unpaired) electrons. The summed E-state index contributed by atoms with van der Waals surface area (Å²) in [5, 5.41) is 9.12. The third-order valence-corrected chi connectivity index (χ3v) is 4.45. The minimum absolute atomic E-state index is 0.304. The van der Waals surface area contributed by atoms with E-state index in [1.807, 2.05) is 0 Å². The Labute approximate surface area is 75.6 Å². The molecule has 1 N–H and O–H groups in total. The Morgan fingerprint density at radius 1 is 1.50 bits per heavy atom. The van der Waals surface area contributed by atoms with Gasteiger partial charge in [-0.15, -0.1) is 11.3 Å². The van der Waals surface area contributed by atoms with E-state index in [0.717, 1.165) is 17.6 Å². The lowest BCUT2D eigenvalue weighted by Crippen LogP contribution is -1.92. The summed E-state index contributed by atoms with van der Waals surface area (Å²) in [6, 6.07) is 3.15. The molecule has 0 fully saturated rings. The normalized spacial score (nSPS) is 14.6. The highest BCUT2D eigenvalue weighted by Gasteiger charge is 2.12. The van der Waals surface area contributed by atoms with Crippen LogP contribution in [-0.2, 0) is 9.84 Å². The van der Waals surface area contributed by atoms with Gasteiger partial charge in [0.05, 0.1) is 6.10 Å². The summed E-state index contributed by atoms with van der Waals surface area (Å²) < 4.78 is 22.3. The van der Waals surface area contributed by atoms with Crippen LogP contribution in [0.5, 0.6) is 0 Å². The molecule has 0 aromatic carbocycles. The molecule has 0 saturated heterocycles. The zero-order chi connectivity index (χ0) is 9.35. The van der Waals surface area contributed by atoms with E-state index in [0.29, 0.717) is 9.09 Å². The summed E-state index contributed by atoms with van der Waals surface area (Å²) in [6.45, 7) is 1.61. The highest BCUT2D eigenvalue weighted by atomic mass is 32.2. The first-order valence-corrected chi connectivity index (χ1v) is 6.10. The largest absolute Gasteiger partial charge is 0.388 e. The molecule has 3 nitrogen and oxygen atoms in total. The van der Waals surface area contributed by atoms with Crippen LogP contribution in [0.2, 0.25) is 0 Å². The lowest BCUT2D eigenvalue weighted by molar-refractivity contribution is 0.203. The summed E-state index contributed by atoms with van der Waals surface area (Å²) >= 11 is 1.11. The van der Waals surface area contributed by atoms with E-state index in [-0.39, 0.29) is 0 Å². The average molecular weight is 206 g/mol. The second-order valence-corrected chi connectivity index (χ2v) is 5.96. The maximum absolute atomic E-state index is 11.0. The quantitative estimate of drug-likeness (QED) is 0.791. The number of hydrogen-bond acceptors (Lipinski definition) is 4. The molecule has 0 saturated carbocycles. The first-order chi connectivity index (χ1) is 5.41. The van der Waals surface area contributed by atoms with Crippen LogP contribution >= 0.6 is 11.3 Å². The van der Waals surface area contributed by atoms with E-state index in [9.17, 15) is 8.42 Å². The van der Waals surface area contributed by atoms with Gasteiger partial charge in [-0.1, -0.05) is 0 Å². The molecular formula is C7H10O3S2. The third-order valence-electron chi connectivity index (χ3n) is 1.38. The van der Waals surface area contributed by atoms with Crippen molar-refractivity contribution in [2.24, 2.45) is 0 Å². The van der Waals surface area contributed by atoms with Crippen molar-refractivity contribution in [1.82, 2.24) is 0 Å². The van der Waals surface area contributed by atoms with Gasteiger partial charge >= 0.3 is 0 Å². The van der Waals surface area contributed by atoms with E-state index in [1.165, 1.54) is 6.07 Å². The molecule has 1 unspecified atom stereocenters. The second-order valence-electron chi connectivity index (χ2n) is 2.60. The maximum atomic E-state index is 11.0. The molecular weight excluding hydrogens is 196 g/mol. The van der Waals surface area contributed by atoms with Gasteiger partial charge in [0.15, 0.2) is 9.84 Å². The van der Waals surface area contributed by atoms with Crippen molar-refractivity contribution in [3.63, 3.8) is 0 Å². The molecule has 0 bridgehead atoms. The summed E-state index contributed by atoms with van der Waals surface area (Å²) in [6.07, 6.45) is 0.565. The number of hydrogen-bond donors (Lipinski definition) is 1. The number of aliphatic hydroxyl groups excluding tert-OH is 1. The fraction of sp³-hybridized carbons (Fsp3) is 0.429. The fourth-order valence-corrected chi connectivity index (χ4v) is 2.64. The van der Waals surface area contributed by atoms with Crippen LogP contribution in [-0.4, -0.2) is 19.8 Å². The SMILES string of the molecule is CC(O)c1ccc(S(C)(=O)=O)s1. The Bertz CT molecular complexity index is 362. The van der Waals surface area contributed by atoms with E-state index in [4.69, 9.17) is 5.11 Å². The van der Waals surface area contributed by atoms with E-state index in [1.54, 1.807) is 13.0 Å². The first-order valence-electron chi connectivity index (χ1n) is 3.39. The molecule has 1 atom stereocenters. The highest BCUT2D eigenvalue weighted by molar-refractivity contribution is 7.92. The van der Waals surface area contributed by atoms with Crippen LogP contribution in [0.25, 0.3) is 0 Å². The van der Waals surface area contributed by atoms with Crippen LogP contribution in [0, 0.1) is 0 Å². The standard InChI is InChI=1S/C7H10O3S2/c1-5(8)6-3-4-7(11-6)12(2,9)10/h3-5,8H,1-2H3. The van der Waals surface area contributed by atoms with Gasteiger partial charge in [-0.3, -0.25) is 0 Å². The summed E-state index contributed by atoms with van der Waals surface area (Å²) in [7, 11) is -3.11. The monoisotopic (exact) mass is 206 g/mol. The Hall–Kier alpha value is -0.390. The topological polar surface area (TPSA) is 54.4 Å². The van der Waals surface area contributed by atoms with E-state index >= 15 is 0 Å². The minimum Gasteiger partial charge on any atom is -0.388 e. The Morgan fingerprint density at radius 2 is 2.08 bits per heavy atom. The lowest BCUT2D eigenvalue weighted by atomic mass is 10.3. The van der Waals surface area contributed by atoms with Crippen LogP contribution < -0.4 is 0 Å².